The van der Waals surface area contributed by atoms with Crippen molar-refractivity contribution < 1.29 is 9.59 Å². The lowest BCUT2D eigenvalue weighted by Gasteiger charge is -2.15. The highest BCUT2D eigenvalue weighted by molar-refractivity contribution is 9.10. The van der Waals surface area contributed by atoms with Gasteiger partial charge in [0.1, 0.15) is 6.04 Å². The van der Waals surface area contributed by atoms with Crippen molar-refractivity contribution in [1.82, 2.24) is 10.6 Å². The summed E-state index contributed by atoms with van der Waals surface area (Å²) in [5.41, 5.74) is 1.90. The SMILES string of the molecule is CCNC(=O)NC(=O)C(C)Nc1ccc(Br)c(C)c1. The Labute approximate surface area is 121 Å². The number of amides is 3. The van der Waals surface area contributed by atoms with Gasteiger partial charge in [0.05, 0.1) is 0 Å². The van der Waals surface area contributed by atoms with Crippen molar-refractivity contribution >= 4 is 33.6 Å². The minimum absolute atomic E-state index is 0.369. The molecule has 19 heavy (non-hydrogen) atoms. The van der Waals surface area contributed by atoms with E-state index in [2.05, 4.69) is 31.9 Å². The van der Waals surface area contributed by atoms with Gasteiger partial charge in [-0.2, -0.15) is 0 Å². The van der Waals surface area contributed by atoms with Crippen molar-refractivity contribution in [1.29, 1.82) is 0 Å². The van der Waals surface area contributed by atoms with Crippen LogP contribution in [-0.4, -0.2) is 24.5 Å². The summed E-state index contributed by atoms with van der Waals surface area (Å²) in [5.74, 6) is -0.369. The maximum Gasteiger partial charge on any atom is 0.321 e. The second-order valence-electron chi connectivity index (χ2n) is 4.18. The first-order valence-corrected chi connectivity index (χ1v) is 6.84. The Morgan fingerprint density at radius 2 is 2.05 bits per heavy atom. The first kappa shape index (κ1) is 15.5. The van der Waals surface area contributed by atoms with E-state index in [1.165, 1.54) is 0 Å². The highest BCUT2D eigenvalue weighted by atomic mass is 79.9. The van der Waals surface area contributed by atoms with Crippen molar-refractivity contribution in [2.75, 3.05) is 11.9 Å². The van der Waals surface area contributed by atoms with Gasteiger partial charge in [-0.15, -0.1) is 0 Å². The monoisotopic (exact) mass is 327 g/mol. The lowest BCUT2D eigenvalue weighted by atomic mass is 10.2. The fourth-order valence-corrected chi connectivity index (χ4v) is 1.72. The van der Waals surface area contributed by atoms with Crippen LogP contribution in [-0.2, 0) is 4.79 Å². The topological polar surface area (TPSA) is 70.2 Å². The van der Waals surface area contributed by atoms with Crippen LogP contribution in [0.3, 0.4) is 0 Å². The molecule has 1 unspecified atom stereocenters. The second-order valence-corrected chi connectivity index (χ2v) is 5.03. The van der Waals surface area contributed by atoms with Crippen molar-refractivity contribution in [3.8, 4) is 0 Å². The van der Waals surface area contributed by atoms with Gasteiger partial charge in [0.15, 0.2) is 0 Å². The number of urea groups is 1. The van der Waals surface area contributed by atoms with E-state index in [-0.39, 0.29) is 5.91 Å². The maximum atomic E-state index is 11.7. The number of carbonyl (C=O) groups is 2. The molecular weight excluding hydrogens is 310 g/mol. The summed E-state index contributed by atoms with van der Waals surface area (Å²) in [6.45, 7) is 5.93. The zero-order valence-corrected chi connectivity index (χ0v) is 12.8. The predicted molar refractivity (Wildman–Crippen MR) is 79.2 cm³/mol. The molecule has 0 aliphatic heterocycles. The molecule has 0 heterocycles. The van der Waals surface area contributed by atoms with Gasteiger partial charge < -0.3 is 10.6 Å². The zero-order valence-electron chi connectivity index (χ0n) is 11.2. The van der Waals surface area contributed by atoms with Crippen molar-refractivity contribution in [3.05, 3.63) is 28.2 Å². The number of carbonyl (C=O) groups excluding carboxylic acids is 2. The third-order valence-corrected chi connectivity index (χ3v) is 3.40. The number of halogens is 1. The Bertz CT molecular complexity index is 477. The van der Waals surface area contributed by atoms with E-state index in [4.69, 9.17) is 0 Å². The van der Waals surface area contributed by atoms with Gasteiger partial charge in [0, 0.05) is 16.7 Å². The summed E-state index contributed by atoms with van der Waals surface area (Å²) in [7, 11) is 0. The molecule has 0 spiro atoms. The van der Waals surface area contributed by atoms with Crippen LogP contribution in [0.15, 0.2) is 22.7 Å². The smallest absolute Gasteiger partial charge is 0.321 e. The fourth-order valence-electron chi connectivity index (χ4n) is 1.47. The number of anilines is 1. The molecule has 0 aromatic heterocycles. The van der Waals surface area contributed by atoms with Crippen molar-refractivity contribution in [2.45, 2.75) is 26.8 Å². The highest BCUT2D eigenvalue weighted by Gasteiger charge is 2.15. The molecule has 0 bridgehead atoms. The predicted octanol–water partition coefficient (Wildman–Crippen LogP) is 2.40. The van der Waals surface area contributed by atoms with Gasteiger partial charge in [0.2, 0.25) is 5.91 Å². The van der Waals surface area contributed by atoms with Gasteiger partial charge in [-0.1, -0.05) is 15.9 Å². The lowest BCUT2D eigenvalue weighted by Crippen LogP contribution is -2.45. The molecule has 0 radical (unpaired) electrons. The first-order valence-electron chi connectivity index (χ1n) is 6.05. The largest absolute Gasteiger partial charge is 0.374 e. The van der Waals surface area contributed by atoms with E-state index >= 15 is 0 Å². The molecule has 1 atom stereocenters. The third kappa shape index (κ3) is 4.90. The van der Waals surface area contributed by atoms with Crippen LogP contribution in [0.4, 0.5) is 10.5 Å². The molecule has 104 valence electrons. The molecule has 6 heteroatoms. The number of nitrogens with one attached hydrogen (secondary N) is 3. The maximum absolute atomic E-state index is 11.7. The normalized spacial score (nSPS) is 11.6. The molecule has 1 aromatic carbocycles. The minimum Gasteiger partial charge on any atom is -0.374 e. The average Bonchev–Trinajstić information content (AvgIpc) is 2.34. The van der Waals surface area contributed by atoms with E-state index in [9.17, 15) is 9.59 Å². The van der Waals surface area contributed by atoms with Crippen molar-refractivity contribution in [2.24, 2.45) is 0 Å². The standard InChI is InChI=1S/C13H18BrN3O2/c1-4-15-13(19)17-12(18)9(3)16-10-5-6-11(14)8(2)7-10/h5-7,9,16H,4H2,1-3H3,(H2,15,17,18,19). The number of aryl methyl sites for hydroxylation is 1. The minimum atomic E-state index is -0.497. The Kier molecular flexibility index (Phi) is 5.82. The van der Waals surface area contributed by atoms with E-state index in [0.717, 1.165) is 15.7 Å². The Morgan fingerprint density at radius 1 is 1.37 bits per heavy atom. The lowest BCUT2D eigenvalue weighted by molar-refractivity contribution is -0.120. The molecule has 0 aliphatic carbocycles. The van der Waals surface area contributed by atoms with Crippen LogP contribution in [0.2, 0.25) is 0 Å². The first-order chi connectivity index (χ1) is 8.93. The molecule has 0 saturated heterocycles. The number of hydrogen-bond donors (Lipinski definition) is 3. The number of imide groups is 1. The van der Waals surface area contributed by atoms with E-state index < -0.39 is 12.1 Å². The summed E-state index contributed by atoms with van der Waals surface area (Å²) in [6.07, 6.45) is 0. The van der Waals surface area contributed by atoms with E-state index in [0.29, 0.717) is 6.54 Å². The summed E-state index contributed by atoms with van der Waals surface area (Å²) in [5, 5.41) is 7.82. The number of benzene rings is 1. The molecule has 0 aliphatic rings. The van der Waals surface area contributed by atoms with Crippen LogP contribution in [0.25, 0.3) is 0 Å². The van der Waals surface area contributed by atoms with Crippen molar-refractivity contribution in [3.63, 3.8) is 0 Å². The number of rotatable bonds is 4. The molecule has 0 saturated carbocycles. The van der Waals surface area contributed by atoms with E-state index in [1.54, 1.807) is 13.8 Å². The summed E-state index contributed by atoms with van der Waals surface area (Å²) in [4.78, 5) is 23.0. The van der Waals surface area contributed by atoms with Crippen LogP contribution >= 0.6 is 15.9 Å². The Balaban J connectivity index is 2.58. The molecule has 0 fully saturated rings. The van der Waals surface area contributed by atoms with Gasteiger partial charge in [-0.25, -0.2) is 4.79 Å². The average molecular weight is 328 g/mol. The molecule has 1 rings (SSSR count). The van der Waals surface area contributed by atoms with Gasteiger partial charge in [-0.3, -0.25) is 10.1 Å². The third-order valence-electron chi connectivity index (χ3n) is 2.51. The molecule has 3 amide bonds. The molecule has 5 nitrogen and oxygen atoms in total. The quantitative estimate of drug-likeness (QED) is 0.795. The fraction of sp³-hybridized carbons (Fsp3) is 0.385. The van der Waals surface area contributed by atoms with Crippen LogP contribution in [0, 0.1) is 6.92 Å². The van der Waals surface area contributed by atoms with E-state index in [1.807, 2.05) is 25.1 Å². The van der Waals surface area contributed by atoms with Gasteiger partial charge in [0.25, 0.3) is 0 Å². The summed E-state index contributed by atoms with van der Waals surface area (Å²) in [6, 6.07) is 4.73. The second kappa shape index (κ2) is 7.13. The van der Waals surface area contributed by atoms with Gasteiger partial charge in [-0.05, 0) is 44.5 Å². The summed E-state index contributed by atoms with van der Waals surface area (Å²) < 4.78 is 1.01. The number of hydrogen-bond acceptors (Lipinski definition) is 3. The Morgan fingerprint density at radius 3 is 2.63 bits per heavy atom. The van der Waals surface area contributed by atoms with Crippen LogP contribution in [0.5, 0.6) is 0 Å². The van der Waals surface area contributed by atoms with Crippen LogP contribution < -0.4 is 16.0 Å². The zero-order chi connectivity index (χ0) is 14.4. The van der Waals surface area contributed by atoms with Gasteiger partial charge >= 0.3 is 6.03 Å². The van der Waals surface area contributed by atoms with Crippen LogP contribution in [0.1, 0.15) is 19.4 Å². The highest BCUT2D eigenvalue weighted by Crippen LogP contribution is 2.20. The molecule has 1 aromatic rings. The molecule has 3 N–H and O–H groups in total. The summed E-state index contributed by atoms with van der Waals surface area (Å²) >= 11 is 3.41. The molecular formula is C13H18BrN3O2. The Hall–Kier alpha value is -1.56.